The Morgan fingerprint density at radius 1 is 1.42 bits per heavy atom. The molecule has 0 unspecified atom stereocenters. The lowest BCUT2D eigenvalue weighted by molar-refractivity contribution is 0.221. The number of aryl methyl sites for hydroxylation is 1. The molecule has 0 saturated heterocycles. The zero-order valence-electron chi connectivity index (χ0n) is 12.0. The lowest BCUT2D eigenvalue weighted by Crippen LogP contribution is -2.37. The molecule has 2 heterocycles. The summed E-state index contributed by atoms with van der Waals surface area (Å²) in [7, 11) is 3.87. The molecule has 6 nitrogen and oxygen atoms in total. The molecule has 0 aliphatic heterocycles. The third kappa shape index (κ3) is 2.68. The fraction of sp³-hybridized carbons (Fsp3) is 0.615. The van der Waals surface area contributed by atoms with Crippen molar-refractivity contribution in [3.63, 3.8) is 0 Å². The quantitative estimate of drug-likeness (QED) is 0.803. The zero-order valence-corrected chi connectivity index (χ0v) is 12.0. The first-order valence-electron chi connectivity index (χ1n) is 6.65. The Morgan fingerprint density at radius 2 is 2.16 bits per heavy atom. The van der Waals surface area contributed by atoms with Crippen LogP contribution in [0.3, 0.4) is 0 Å². The van der Waals surface area contributed by atoms with Crippen molar-refractivity contribution < 1.29 is 0 Å². The number of hydrogen-bond donors (Lipinski definition) is 0. The van der Waals surface area contributed by atoms with Gasteiger partial charge in [0.1, 0.15) is 5.52 Å². The number of aromatic nitrogens is 4. The van der Waals surface area contributed by atoms with E-state index in [4.69, 9.17) is 0 Å². The molecule has 19 heavy (non-hydrogen) atoms. The fourth-order valence-electron chi connectivity index (χ4n) is 2.24. The predicted molar refractivity (Wildman–Crippen MR) is 75.2 cm³/mol. The number of hydrogen-bond acceptors (Lipinski definition) is 4. The van der Waals surface area contributed by atoms with E-state index in [0.717, 1.165) is 13.0 Å². The first-order chi connectivity index (χ1) is 9.06. The number of rotatable bonds is 5. The molecule has 6 heteroatoms. The molecule has 0 fully saturated rings. The van der Waals surface area contributed by atoms with Crippen LogP contribution in [0.4, 0.5) is 0 Å². The van der Waals surface area contributed by atoms with E-state index in [-0.39, 0.29) is 5.56 Å². The minimum absolute atomic E-state index is 0.0615. The zero-order chi connectivity index (χ0) is 14.0. The van der Waals surface area contributed by atoms with Gasteiger partial charge >= 0.3 is 0 Å². The summed E-state index contributed by atoms with van der Waals surface area (Å²) in [5.74, 6) is 0. The van der Waals surface area contributed by atoms with Crippen molar-refractivity contribution >= 4 is 11.0 Å². The highest BCUT2D eigenvalue weighted by molar-refractivity contribution is 5.71. The average molecular weight is 263 g/mol. The van der Waals surface area contributed by atoms with Crippen LogP contribution >= 0.6 is 0 Å². The molecule has 0 spiro atoms. The smallest absolute Gasteiger partial charge is 0.281 e. The van der Waals surface area contributed by atoms with Crippen LogP contribution in [-0.2, 0) is 13.6 Å². The first-order valence-corrected chi connectivity index (χ1v) is 6.65. The standard InChI is InChI=1S/C13H21N5O/c1-5-10(16(3)6-2)7-18-9-14-11-8-17(4)15-12(11)13(18)19/h8-10H,5-7H2,1-4H3/t10-/m0/s1. The monoisotopic (exact) mass is 263 g/mol. The largest absolute Gasteiger partial charge is 0.302 e. The van der Waals surface area contributed by atoms with Crippen molar-refractivity contribution in [3.05, 3.63) is 22.9 Å². The maximum atomic E-state index is 12.3. The highest BCUT2D eigenvalue weighted by atomic mass is 16.1. The lowest BCUT2D eigenvalue weighted by Gasteiger charge is -2.26. The Kier molecular flexibility index (Phi) is 3.99. The van der Waals surface area contributed by atoms with Crippen molar-refractivity contribution in [1.29, 1.82) is 0 Å². The average Bonchev–Trinajstić information content (AvgIpc) is 2.79. The van der Waals surface area contributed by atoms with Crippen molar-refractivity contribution in [2.24, 2.45) is 7.05 Å². The van der Waals surface area contributed by atoms with Gasteiger partial charge in [0.25, 0.3) is 5.56 Å². The molecule has 0 aliphatic rings. The van der Waals surface area contributed by atoms with E-state index in [0.29, 0.717) is 23.6 Å². The Labute approximate surface area is 112 Å². The summed E-state index contributed by atoms with van der Waals surface area (Å²) < 4.78 is 3.29. The van der Waals surface area contributed by atoms with E-state index in [1.807, 2.05) is 0 Å². The second kappa shape index (κ2) is 5.52. The maximum absolute atomic E-state index is 12.3. The summed E-state index contributed by atoms with van der Waals surface area (Å²) in [5, 5.41) is 4.18. The van der Waals surface area contributed by atoms with Crippen molar-refractivity contribution in [2.45, 2.75) is 32.9 Å². The highest BCUT2D eigenvalue weighted by Crippen LogP contribution is 2.06. The lowest BCUT2D eigenvalue weighted by atomic mass is 10.2. The van der Waals surface area contributed by atoms with Crippen molar-refractivity contribution in [2.75, 3.05) is 13.6 Å². The summed E-state index contributed by atoms with van der Waals surface area (Å²) in [6.45, 7) is 5.87. The molecule has 0 saturated carbocycles. The highest BCUT2D eigenvalue weighted by Gasteiger charge is 2.14. The van der Waals surface area contributed by atoms with Crippen LogP contribution < -0.4 is 5.56 Å². The predicted octanol–water partition coefficient (Wildman–Crippen LogP) is 0.860. The molecule has 1 atom stereocenters. The molecule has 0 N–H and O–H groups in total. The van der Waals surface area contributed by atoms with Gasteiger partial charge in [-0.1, -0.05) is 13.8 Å². The molecule has 0 bridgehead atoms. The summed E-state index contributed by atoms with van der Waals surface area (Å²) in [6.07, 6.45) is 4.38. The van der Waals surface area contributed by atoms with Gasteiger partial charge in [-0.25, -0.2) is 4.98 Å². The van der Waals surface area contributed by atoms with Crippen LogP contribution in [0.5, 0.6) is 0 Å². The van der Waals surface area contributed by atoms with Gasteiger partial charge < -0.3 is 4.90 Å². The summed E-state index contributed by atoms with van der Waals surface area (Å²) in [6, 6.07) is 0.339. The molecular formula is C13H21N5O. The second-order valence-electron chi connectivity index (χ2n) is 4.87. The van der Waals surface area contributed by atoms with E-state index >= 15 is 0 Å². The molecular weight excluding hydrogens is 242 g/mol. The summed E-state index contributed by atoms with van der Waals surface area (Å²) >= 11 is 0. The Balaban J connectivity index is 2.35. The molecule has 2 aromatic heterocycles. The van der Waals surface area contributed by atoms with Crippen LogP contribution in [0.25, 0.3) is 11.0 Å². The van der Waals surface area contributed by atoms with Gasteiger partial charge in [-0.2, -0.15) is 5.10 Å². The minimum atomic E-state index is -0.0615. The van der Waals surface area contributed by atoms with Crippen LogP contribution in [0, 0.1) is 0 Å². The van der Waals surface area contributed by atoms with E-state index in [2.05, 4.69) is 35.9 Å². The SMILES string of the molecule is CC[C@@H](Cn1cnc2cn(C)nc2c1=O)N(C)CC. The first kappa shape index (κ1) is 13.7. The van der Waals surface area contributed by atoms with E-state index in [9.17, 15) is 4.79 Å². The van der Waals surface area contributed by atoms with Gasteiger partial charge in [0.05, 0.1) is 12.5 Å². The summed E-state index contributed by atoms with van der Waals surface area (Å²) in [4.78, 5) is 18.9. The fourth-order valence-corrected chi connectivity index (χ4v) is 2.24. The Hall–Kier alpha value is -1.69. The van der Waals surface area contributed by atoms with Crippen molar-refractivity contribution in [1.82, 2.24) is 24.2 Å². The van der Waals surface area contributed by atoms with E-state index in [1.165, 1.54) is 0 Å². The number of likely N-dealkylation sites (N-methyl/N-ethyl adjacent to an activating group) is 1. The topological polar surface area (TPSA) is 56.0 Å². The van der Waals surface area contributed by atoms with E-state index in [1.54, 1.807) is 28.8 Å². The normalized spacial score (nSPS) is 13.3. The number of nitrogens with zero attached hydrogens (tertiary/aromatic N) is 5. The van der Waals surface area contributed by atoms with Gasteiger partial charge in [-0.3, -0.25) is 14.0 Å². The molecule has 2 rings (SSSR count). The molecule has 0 amide bonds. The van der Waals surface area contributed by atoms with Crippen LogP contribution in [0.1, 0.15) is 20.3 Å². The minimum Gasteiger partial charge on any atom is -0.302 e. The van der Waals surface area contributed by atoms with Crippen molar-refractivity contribution in [3.8, 4) is 0 Å². The Morgan fingerprint density at radius 3 is 2.79 bits per heavy atom. The van der Waals surface area contributed by atoms with Gasteiger partial charge in [-0.15, -0.1) is 0 Å². The van der Waals surface area contributed by atoms with Crippen LogP contribution in [0.2, 0.25) is 0 Å². The molecule has 0 radical (unpaired) electrons. The van der Waals surface area contributed by atoms with Gasteiger partial charge in [-0.05, 0) is 20.0 Å². The second-order valence-corrected chi connectivity index (χ2v) is 4.87. The van der Waals surface area contributed by atoms with Crippen LogP contribution in [0.15, 0.2) is 17.3 Å². The molecule has 104 valence electrons. The molecule has 0 aliphatic carbocycles. The number of fused-ring (bicyclic) bond motifs is 1. The third-order valence-corrected chi connectivity index (χ3v) is 3.61. The van der Waals surface area contributed by atoms with Gasteiger partial charge in [0.15, 0.2) is 5.52 Å². The maximum Gasteiger partial charge on any atom is 0.281 e. The third-order valence-electron chi connectivity index (χ3n) is 3.61. The summed E-state index contributed by atoms with van der Waals surface area (Å²) in [5.41, 5.74) is 1.04. The molecule has 2 aromatic rings. The van der Waals surface area contributed by atoms with Gasteiger partial charge in [0.2, 0.25) is 0 Å². The van der Waals surface area contributed by atoms with Gasteiger partial charge in [0, 0.05) is 19.6 Å². The van der Waals surface area contributed by atoms with Crippen LogP contribution in [-0.4, -0.2) is 43.9 Å². The molecule has 0 aromatic carbocycles. The Bertz CT molecular complexity index is 615. The van der Waals surface area contributed by atoms with E-state index < -0.39 is 0 Å².